The zero-order chi connectivity index (χ0) is 13.5. The molecular weight excluding hydrogens is 222 g/mol. The van der Waals surface area contributed by atoms with E-state index in [9.17, 15) is 9.59 Å². The number of carbonyl (C=O) groups excluding carboxylic acids is 2. The number of nitrogens with one attached hydrogen (secondary N) is 1. The van der Waals surface area contributed by atoms with Crippen LogP contribution in [-0.2, 0) is 4.74 Å². The van der Waals surface area contributed by atoms with Crippen LogP contribution in [0.3, 0.4) is 0 Å². The lowest BCUT2D eigenvalue weighted by Crippen LogP contribution is -2.34. The standard InChI is InChI=1S/C9H17NO2.C2H6N2O/c1-9(2,3)12-8(11)10-6-4-5-7-10;1-4-2(3)5/h4-7H2,1-3H3;1H3,(H3,3,4,5). The monoisotopic (exact) mass is 245 g/mol. The molecule has 1 heterocycles. The molecule has 0 aromatic heterocycles. The maximum absolute atomic E-state index is 11.4. The van der Waals surface area contributed by atoms with Crippen LogP contribution in [0.1, 0.15) is 33.6 Å². The van der Waals surface area contributed by atoms with Crippen molar-refractivity contribution in [2.75, 3.05) is 20.1 Å². The summed E-state index contributed by atoms with van der Waals surface area (Å²) in [5.74, 6) is 0. The minimum Gasteiger partial charge on any atom is -0.444 e. The van der Waals surface area contributed by atoms with E-state index < -0.39 is 6.03 Å². The number of hydrogen-bond acceptors (Lipinski definition) is 3. The van der Waals surface area contributed by atoms with Crippen molar-refractivity contribution < 1.29 is 14.3 Å². The van der Waals surface area contributed by atoms with Crippen LogP contribution in [-0.4, -0.2) is 42.8 Å². The van der Waals surface area contributed by atoms with Gasteiger partial charge >= 0.3 is 12.1 Å². The zero-order valence-electron chi connectivity index (χ0n) is 11.1. The molecule has 0 unspecified atom stereocenters. The molecule has 6 nitrogen and oxygen atoms in total. The Balaban J connectivity index is 0.000000437. The second-order valence-electron chi connectivity index (χ2n) is 4.79. The van der Waals surface area contributed by atoms with Gasteiger partial charge in [0.25, 0.3) is 0 Å². The molecule has 17 heavy (non-hydrogen) atoms. The van der Waals surface area contributed by atoms with E-state index in [1.807, 2.05) is 20.8 Å². The first kappa shape index (κ1) is 15.5. The van der Waals surface area contributed by atoms with E-state index in [1.165, 1.54) is 7.05 Å². The molecule has 0 spiro atoms. The summed E-state index contributed by atoms with van der Waals surface area (Å²) in [5, 5.41) is 2.17. The third-order valence-corrected chi connectivity index (χ3v) is 2.00. The Morgan fingerprint density at radius 2 is 1.65 bits per heavy atom. The summed E-state index contributed by atoms with van der Waals surface area (Å²) >= 11 is 0. The number of likely N-dealkylation sites (tertiary alicyclic amines) is 1. The maximum Gasteiger partial charge on any atom is 0.410 e. The molecule has 1 rings (SSSR count). The Morgan fingerprint density at radius 1 is 1.24 bits per heavy atom. The maximum atomic E-state index is 11.4. The number of primary amides is 1. The summed E-state index contributed by atoms with van der Waals surface area (Å²) in [4.78, 5) is 22.6. The Kier molecular flexibility index (Phi) is 6.38. The Bertz CT molecular complexity index is 255. The minimum absolute atomic E-state index is 0.167. The molecule has 0 bridgehead atoms. The van der Waals surface area contributed by atoms with Crippen molar-refractivity contribution in [3.8, 4) is 0 Å². The first-order chi connectivity index (χ1) is 7.76. The zero-order valence-corrected chi connectivity index (χ0v) is 11.1. The molecular formula is C11H23N3O3. The summed E-state index contributed by atoms with van der Waals surface area (Å²) < 4.78 is 5.21. The van der Waals surface area contributed by atoms with Crippen LogP contribution in [0.25, 0.3) is 0 Å². The van der Waals surface area contributed by atoms with Gasteiger partial charge in [0.05, 0.1) is 0 Å². The van der Waals surface area contributed by atoms with Crippen molar-refractivity contribution in [3.05, 3.63) is 0 Å². The summed E-state index contributed by atoms with van der Waals surface area (Å²) in [6.07, 6.45) is 2.05. The van der Waals surface area contributed by atoms with E-state index in [1.54, 1.807) is 4.90 Å². The summed E-state index contributed by atoms with van der Waals surface area (Å²) in [6, 6.07) is -0.495. The molecule has 0 aromatic carbocycles. The Labute approximate surface area is 102 Å². The van der Waals surface area contributed by atoms with Crippen molar-refractivity contribution in [1.29, 1.82) is 0 Å². The van der Waals surface area contributed by atoms with Gasteiger partial charge in [-0.05, 0) is 33.6 Å². The van der Waals surface area contributed by atoms with Gasteiger partial charge in [-0.2, -0.15) is 0 Å². The highest BCUT2D eigenvalue weighted by Gasteiger charge is 2.23. The molecule has 0 aromatic rings. The average Bonchev–Trinajstić information content (AvgIpc) is 2.68. The third kappa shape index (κ3) is 8.36. The molecule has 1 aliphatic rings. The predicted molar refractivity (Wildman–Crippen MR) is 65.7 cm³/mol. The number of ether oxygens (including phenoxy) is 1. The van der Waals surface area contributed by atoms with Crippen LogP contribution in [0.15, 0.2) is 0 Å². The summed E-state index contributed by atoms with van der Waals surface area (Å²) in [7, 11) is 1.47. The average molecular weight is 245 g/mol. The van der Waals surface area contributed by atoms with Gasteiger partial charge in [0.15, 0.2) is 0 Å². The predicted octanol–water partition coefficient (Wildman–Crippen LogP) is 1.30. The minimum atomic E-state index is -0.495. The lowest BCUT2D eigenvalue weighted by molar-refractivity contribution is 0.0295. The quantitative estimate of drug-likeness (QED) is 0.674. The molecule has 3 N–H and O–H groups in total. The smallest absolute Gasteiger partial charge is 0.410 e. The van der Waals surface area contributed by atoms with E-state index >= 15 is 0 Å². The van der Waals surface area contributed by atoms with E-state index in [-0.39, 0.29) is 11.7 Å². The highest BCUT2D eigenvalue weighted by Crippen LogP contribution is 2.14. The molecule has 0 aliphatic carbocycles. The molecule has 0 saturated carbocycles. The van der Waals surface area contributed by atoms with Crippen molar-refractivity contribution in [1.82, 2.24) is 10.2 Å². The summed E-state index contributed by atoms with van der Waals surface area (Å²) in [5.41, 5.74) is 4.18. The molecule has 1 fully saturated rings. The van der Waals surface area contributed by atoms with Gasteiger partial charge in [-0.15, -0.1) is 0 Å². The lowest BCUT2D eigenvalue weighted by atomic mass is 10.2. The van der Waals surface area contributed by atoms with E-state index in [0.717, 1.165) is 25.9 Å². The van der Waals surface area contributed by atoms with E-state index in [0.29, 0.717) is 0 Å². The normalized spacial score (nSPS) is 14.7. The molecule has 6 heteroatoms. The number of carbonyl (C=O) groups is 2. The van der Waals surface area contributed by atoms with Gasteiger partial charge in [-0.3, -0.25) is 0 Å². The number of nitrogens with two attached hydrogens (primary N) is 1. The lowest BCUT2D eigenvalue weighted by Gasteiger charge is -2.23. The van der Waals surface area contributed by atoms with Crippen LogP contribution >= 0.6 is 0 Å². The SMILES string of the molecule is CC(C)(C)OC(=O)N1CCCC1.CNC(N)=O. The third-order valence-electron chi connectivity index (χ3n) is 2.00. The van der Waals surface area contributed by atoms with Gasteiger partial charge in [0, 0.05) is 20.1 Å². The van der Waals surface area contributed by atoms with Gasteiger partial charge < -0.3 is 20.7 Å². The van der Waals surface area contributed by atoms with Crippen molar-refractivity contribution in [3.63, 3.8) is 0 Å². The molecule has 0 radical (unpaired) electrons. The van der Waals surface area contributed by atoms with Crippen molar-refractivity contribution in [2.45, 2.75) is 39.2 Å². The molecule has 100 valence electrons. The number of rotatable bonds is 0. The van der Waals surface area contributed by atoms with Crippen LogP contribution in [0, 0.1) is 0 Å². The van der Waals surface area contributed by atoms with Crippen molar-refractivity contribution >= 4 is 12.1 Å². The molecule has 3 amide bonds. The van der Waals surface area contributed by atoms with Gasteiger partial charge in [-0.1, -0.05) is 0 Å². The molecule has 0 atom stereocenters. The fourth-order valence-electron chi connectivity index (χ4n) is 1.23. The molecule has 1 saturated heterocycles. The fraction of sp³-hybridized carbons (Fsp3) is 0.818. The number of hydrogen-bond donors (Lipinski definition) is 2. The first-order valence-corrected chi connectivity index (χ1v) is 5.71. The highest BCUT2D eigenvalue weighted by molar-refractivity contribution is 5.71. The fourth-order valence-corrected chi connectivity index (χ4v) is 1.23. The van der Waals surface area contributed by atoms with Crippen LogP contribution in [0.4, 0.5) is 9.59 Å². The van der Waals surface area contributed by atoms with E-state index in [4.69, 9.17) is 4.74 Å². The molecule has 1 aliphatic heterocycles. The highest BCUT2D eigenvalue weighted by atomic mass is 16.6. The number of urea groups is 1. The van der Waals surface area contributed by atoms with Gasteiger partial charge in [-0.25, -0.2) is 9.59 Å². The van der Waals surface area contributed by atoms with Crippen LogP contribution in [0.5, 0.6) is 0 Å². The Morgan fingerprint density at radius 3 is 1.94 bits per heavy atom. The van der Waals surface area contributed by atoms with Crippen LogP contribution < -0.4 is 11.1 Å². The second kappa shape index (κ2) is 6.98. The number of nitrogens with zero attached hydrogens (tertiary/aromatic N) is 1. The Hall–Kier alpha value is -1.46. The van der Waals surface area contributed by atoms with Gasteiger partial charge in [0.2, 0.25) is 0 Å². The van der Waals surface area contributed by atoms with Crippen LogP contribution in [0.2, 0.25) is 0 Å². The van der Waals surface area contributed by atoms with Crippen molar-refractivity contribution in [2.24, 2.45) is 5.73 Å². The second-order valence-corrected chi connectivity index (χ2v) is 4.79. The largest absolute Gasteiger partial charge is 0.444 e. The first-order valence-electron chi connectivity index (χ1n) is 5.71. The summed E-state index contributed by atoms with van der Waals surface area (Å²) in [6.45, 7) is 7.38. The topological polar surface area (TPSA) is 84.7 Å². The van der Waals surface area contributed by atoms with E-state index in [2.05, 4.69) is 11.1 Å². The number of amides is 3. The van der Waals surface area contributed by atoms with Gasteiger partial charge in [0.1, 0.15) is 5.60 Å².